The minimum absolute atomic E-state index is 0.540. The van der Waals surface area contributed by atoms with Crippen LogP contribution < -0.4 is 5.32 Å². The molecule has 1 fully saturated rings. The number of hydrogen-bond acceptors (Lipinski definition) is 2. The third-order valence-corrected chi connectivity index (χ3v) is 7.67. The van der Waals surface area contributed by atoms with Crippen molar-refractivity contribution in [3.05, 3.63) is 53.5 Å². The summed E-state index contributed by atoms with van der Waals surface area (Å²) < 4.78 is 3.52. The molecule has 0 amide bonds. The molecule has 5 heteroatoms. The van der Waals surface area contributed by atoms with E-state index in [9.17, 15) is 0 Å². The molecule has 2 aromatic rings. The summed E-state index contributed by atoms with van der Waals surface area (Å²) in [7, 11) is 0. The highest BCUT2D eigenvalue weighted by molar-refractivity contribution is 9.13. The molecule has 2 atom stereocenters. The monoisotopic (exact) mass is 477 g/mol. The molecule has 1 aromatic heterocycles. The van der Waals surface area contributed by atoms with Crippen LogP contribution in [0.3, 0.4) is 0 Å². The lowest BCUT2D eigenvalue weighted by atomic mass is 9.80. The van der Waals surface area contributed by atoms with E-state index in [1.807, 2.05) is 11.3 Å². The largest absolute Gasteiger partial charge is 0.316 e. The third-order valence-electron chi connectivity index (χ3n) is 3.79. The second kappa shape index (κ2) is 6.61. The van der Waals surface area contributed by atoms with Gasteiger partial charge in [0.05, 0.1) is 3.79 Å². The Kier molecular flexibility index (Phi) is 5.03. The van der Waals surface area contributed by atoms with Gasteiger partial charge in [-0.2, -0.15) is 0 Å². The van der Waals surface area contributed by atoms with Gasteiger partial charge in [0.2, 0.25) is 0 Å². The zero-order chi connectivity index (χ0) is 14.1. The molecule has 3 rings (SSSR count). The van der Waals surface area contributed by atoms with Crippen molar-refractivity contribution in [1.82, 2.24) is 5.32 Å². The molecule has 0 spiro atoms. The van der Waals surface area contributed by atoms with E-state index in [4.69, 9.17) is 0 Å². The Morgan fingerprint density at radius 1 is 1.10 bits per heavy atom. The fraction of sp³-hybridized carbons (Fsp3) is 0.333. The SMILES string of the molecule is Brc1cccc(C2CNCCC2c2cc(Br)c(Br)s2)c1. The van der Waals surface area contributed by atoms with Crippen LogP contribution in [0.4, 0.5) is 0 Å². The molecular formula is C15H14Br3NS. The van der Waals surface area contributed by atoms with Crippen LogP contribution in [0.15, 0.2) is 43.1 Å². The summed E-state index contributed by atoms with van der Waals surface area (Å²) in [6.07, 6.45) is 1.19. The van der Waals surface area contributed by atoms with Crippen LogP contribution in [0, 0.1) is 0 Å². The molecule has 1 saturated heterocycles. The highest BCUT2D eigenvalue weighted by Crippen LogP contribution is 2.44. The normalized spacial score (nSPS) is 22.9. The summed E-state index contributed by atoms with van der Waals surface area (Å²) in [5, 5.41) is 3.54. The molecule has 20 heavy (non-hydrogen) atoms. The average Bonchev–Trinajstić information content (AvgIpc) is 2.79. The van der Waals surface area contributed by atoms with E-state index in [0.717, 1.165) is 17.6 Å². The van der Waals surface area contributed by atoms with Crippen molar-refractivity contribution in [3.8, 4) is 0 Å². The van der Waals surface area contributed by atoms with Crippen molar-refractivity contribution in [2.75, 3.05) is 13.1 Å². The minimum Gasteiger partial charge on any atom is -0.316 e. The molecule has 0 aliphatic carbocycles. The van der Waals surface area contributed by atoms with Crippen LogP contribution in [-0.4, -0.2) is 13.1 Å². The quantitative estimate of drug-likeness (QED) is 0.565. The van der Waals surface area contributed by atoms with E-state index in [-0.39, 0.29) is 0 Å². The van der Waals surface area contributed by atoms with E-state index in [1.54, 1.807) is 0 Å². The molecule has 2 heterocycles. The molecule has 1 aliphatic heterocycles. The van der Waals surface area contributed by atoms with E-state index in [0.29, 0.717) is 11.8 Å². The van der Waals surface area contributed by atoms with E-state index < -0.39 is 0 Å². The lowest BCUT2D eigenvalue weighted by Crippen LogP contribution is -2.33. The van der Waals surface area contributed by atoms with Crippen molar-refractivity contribution in [1.29, 1.82) is 0 Å². The van der Waals surface area contributed by atoms with E-state index in [1.165, 1.54) is 25.1 Å². The first-order valence-corrected chi connectivity index (χ1v) is 9.75. The summed E-state index contributed by atoms with van der Waals surface area (Å²) in [4.78, 5) is 1.47. The van der Waals surface area contributed by atoms with Gasteiger partial charge in [-0.3, -0.25) is 0 Å². The first kappa shape index (κ1) is 15.2. The number of thiophene rings is 1. The Hall–Kier alpha value is 0.320. The van der Waals surface area contributed by atoms with Gasteiger partial charge in [-0.05, 0) is 68.6 Å². The molecule has 1 aliphatic rings. The smallest absolute Gasteiger partial charge is 0.0843 e. The summed E-state index contributed by atoms with van der Waals surface area (Å²) >= 11 is 12.7. The van der Waals surface area contributed by atoms with E-state index >= 15 is 0 Å². The summed E-state index contributed by atoms with van der Waals surface area (Å²) in [5.41, 5.74) is 1.41. The molecule has 0 radical (unpaired) electrons. The maximum absolute atomic E-state index is 3.62. The van der Waals surface area contributed by atoms with Crippen LogP contribution in [0.5, 0.6) is 0 Å². The molecule has 106 valence electrons. The maximum Gasteiger partial charge on any atom is 0.0843 e. The Labute approximate surface area is 148 Å². The maximum atomic E-state index is 3.62. The standard InChI is InChI=1S/C15H14Br3NS/c16-10-3-1-2-9(6-10)12-8-19-5-4-11(12)14-7-13(17)15(18)20-14/h1-3,6-7,11-12,19H,4-5,8H2. The topological polar surface area (TPSA) is 12.0 Å². The highest BCUT2D eigenvalue weighted by atomic mass is 79.9. The molecule has 2 unspecified atom stereocenters. The zero-order valence-electron chi connectivity index (χ0n) is 10.7. The van der Waals surface area contributed by atoms with Gasteiger partial charge in [0, 0.05) is 32.2 Å². The zero-order valence-corrected chi connectivity index (χ0v) is 16.3. The van der Waals surface area contributed by atoms with Gasteiger partial charge in [-0.25, -0.2) is 0 Å². The van der Waals surface area contributed by atoms with Crippen molar-refractivity contribution >= 4 is 59.1 Å². The number of rotatable bonds is 2. The Morgan fingerprint density at radius 3 is 2.65 bits per heavy atom. The van der Waals surface area contributed by atoms with Gasteiger partial charge in [-0.1, -0.05) is 28.1 Å². The number of benzene rings is 1. The molecular weight excluding hydrogens is 466 g/mol. The second-order valence-corrected chi connectivity index (χ2v) is 9.20. The van der Waals surface area contributed by atoms with Crippen molar-refractivity contribution < 1.29 is 0 Å². The predicted molar refractivity (Wildman–Crippen MR) is 96.8 cm³/mol. The predicted octanol–water partition coefficient (Wildman–Crippen LogP) is 5.90. The number of halogens is 3. The third kappa shape index (κ3) is 3.22. The molecule has 0 saturated carbocycles. The lowest BCUT2D eigenvalue weighted by molar-refractivity contribution is 0.408. The first-order chi connectivity index (χ1) is 9.65. The van der Waals surface area contributed by atoms with Crippen LogP contribution in [0.2, 0.25) is 0 Å². The number of nitrogens with one attached hydrogen (secondary N) is 1. The van der Waals surface area contributed by atoms with Crippen LogP contribution in [-0.2, 0) is 0 Å². The Balaban J connectivity index is 1.95. The van der Waals surface area contributed by atoms with Crippen LogP contribution >= 0.6 is 59.1 Å². The minimum atomic E-state index is 0.540. The van der Waals surface area contributed by atoms with E-state index in [2.05, 4.69) is 83.4 Å². The molecule has 1 nitrogen and oxygen atoms in total. The van der Waals surface area contributed by atoms with Crippen LogP contribution in [0.1, 0.15) is 28.7 Å². The fourth-order valence-corrected chi connectivity index (χ4v) is 5.54. The fourth-order valence-electron chi connectivity index (χ4n) is 2.83. The van der Waals surface area contributed by atoms with Gasteiger partial charge in [0.25, 0.3) is 0 Å². The Morgan fingerprint density at radius 2 is 1.95 bits per heavy atom. The molecule has 1 N–H and O–H groups in total. The van der Waals surface area contributed by atoms with Gasteiger partial charge < -0.3 is 5.32 Å². The van der Waals surface area contributed by atoms with Gasteiger partial charge in [0.1, 0.15) is 0 Å². The van der Waals surface area contributed by atoms with Crippen molar-refractivity contribution in [3.63, 3.8) is 0 Å². The molecule has 0 bridgehead atoms. The summed E-state index contributed by atoms with van der Waals surface area (Å²) in [6, 6.07) is 11.0. The number of piperidine rings is 1. The lowest BCUT2D eigenvalue weighted by Gasteiger charge is -2.32. The van der Waals surface area contributed by atoms with Gasteiger partial charge in [-0.15, -0.1) is 11.3 Å². The second-order valence-electron chi connectivity index (χ2n) is 5.03. The van der Waals surface area contributed by atoms with Crippen molar-refractivity contribution in [2.24, 2.45) is 0 Å². The highest BCUT2D eigenvalue weighted by Gasteiger charge is 2.29. The van der Waals surface area contributed by atoms with Crippen molar-refractivity contribution in [2.45, 2.75) is 18.3 Å². The summed E-state index contributed by atoms with van der Waals surface area (Å²) in [5.74, 6) is 1.14. The molecule has 1 aromatic carbocycles. The van der Waals surface area contributed by atoms with Gasteiger partial charge in [0.15, 0.2) is 0 Å². The van der Waals surface area contributed by atoms with Gasteiger partial charge >= 0.3 is 0 Å². The average molecular weight is 480 g/mol. The number of hydrogen-bond donors (Lipinski definition) is 1. The Bertz CT molecular complexity index is 591. The van der Waals surface area contributed by atoms with Crippen LogP contribution in [0.25, 0.3) is 0 Å². The first-order valence-electron chi connectivity index (χ1n) is 6.56. The summed E-state index contributed by atoms with van der Waals surface area (Å²) in [6.45, 7) is 2.15.